The van der Waals surface area contributed by atoms with Gasteiger partial charge in [-0.25, -0.2) is 4.79 Å². The van der Waals surface area contributed by atoms with Crippen LogP contribution in [0.1, 0.15) is 42.9 Å². The van der Waals surface area contributed by atoms with Crippen LogP contribution in [-0.4, -0.2) is 19.7 Å². The summed E-state index contributed by atoms with van der Waals surface area (Å²) in [7, 11) is 0. The van der Waals surface area contributed by atoms with Crippen molar-refractivity contribution in [1.82, 2.24) is 19.7 Å². The molecule has 2 heterocycles. The van der Waals surface area contributed by atoms with Crippen molar-refractivity contribution in [2.24, 2.45) is 0 Å². The second-order valence-corrected chi connectivity index (χ2v) is 7.69. The Morgan fingerprint density at radius 1 is 1.04 bits per heavy atom. The molecule has 0 saturated heterocycles. The minimum Gasteiger partial charge on any atom is -0.334 e. The highest BCUT2D eigenvalue weighted by atomic mass is 16.5. The first-order valence-corrected chi connectivity index (χ1v) is 9.76. The minimum absolute atomic E-state index is 0.0389. The average molecular weight is 374 g/mol. The maximum Gasteiger partial charge on any atom is 0.326 e. The summed E-state index contributed by atoms with van der Waals surface area (Å²) in [6.07, 6.45) is 4.51. The number of aryl methyl sites for hydroxylation is 2. The number of hydrogen-bond acceptors (Lipinski definition) is 4. The van der Waals surface area contributed by atoms with Gasteiger partial charge in [0.2, 0.25) is 5.82 Å². The third-order valence-corrected chi connectivity index (χ3v) is 5.84. The fourth-order valence-electron chi connectivity index (χ4n) is 4.13. The monoisotopic (exact) mass is 374 g/mol. The zero-order valence-electron chi connectivity index (χ0n) is 16.0. The van der Waals surface area contributed by atoms with Gasteiger partial charge in [-0.05, 0) is 68.1 Å². The van der Waals surface area contributed by atoms with Crippen molar-refractivity contribution in [2.45, 2.75) is 45.6 Å². The highest BCUT2D eigenvalue weighted by Gasteiger charge is 2.21. The SMILES string of the molecule is Cc1ccc(-c2nc(-c3ccc4c(c3)[nH]c(=O)n4C3CCCC3)no2)cc1C. The summed E-state index contributed by atoms with van der Waals surface area (Å²) in [5, 5.41) is 4.14. The summed E-state index contributed by atoms with van der Waals surface area (Å²) in [4.78, 5) is 20.0. The van der Waals surface area contributed by atoms with Gasteiger partial charge in [0.05, 0.1) is 11.0 Å². The summed E-state index contributed by atoms with van der Waals surface area (Å²) in [6.45, 7) is 4.14. The van der Waals surface area contributed by atoms with Gasteiger partial charge >= 0.3 is 5.69 Å². The third-order valence-electron chi connectivity index (χ3n) is 5.84. The van der Waals surface area contributed by atoms with Crippen molar-refractivity contribution in [1.29, 1.82) is 0 Å². The topological polar surface area (TPSA) is 76.7 Å². The number of imidazole rings is 1. The van der Waals surface area contributed by atoms with Crippen molar-refractivity contribution >= 4 is 11.0 Å². The van der Waals surface area contributed by atoms with Crippen LogP contribution in [0.4, 0.5) is 0 Å². The summed E-state index contributed by atoms with van der Waals surface area (Å²) in [5.41, 5.74) is 5.86. The Morgan fingerprint density at radius 2 is 1.82 bits per heavy atom. The third kappa shape index (κ3) is 2.76. The number of nitrogens with zero attached hydrogens (tertiary/aromatic N) is 3. The number of benzene rings is 2. The number of aromatic amines is 1. The van der Waals surface area contributed by atoms with Crippen LogP contribution >= 0.6 is 0 Å². The van der Waals surface area contributed by atoms with Gasteiger partial charge < -0.3 is 9.51 Å². The fourth-order valence-corrected chi connectivity index (χ4v) is 4.13. The Hall–Kier alpha value is -3.15. The molecular formula is C22H22N4O2. The van der Waals surface area contributed by atoms with E-state index in [-0.39, 0.29) is 5.69 Å². The van der Waals surface area contributed by atoms with Crippen LogP contribution in [0.3, 0.4) is 0 Å². The van der Waals surface area contributed by atoms with Crippen LogP contribution in [-0.2, 0) is 0 Å². The standard InChI is InChI=1S/C22H22N4O2/c1-13-7-8-16(11-14(13)2)21-24-20(25-28-21)15-9-10-19-18(12-15)23-22(27)26(19)17-5-3-4-6-17/h7-12,17H,3-6H2,1-2H3,(H,23,27). The molecule has 6 nitrogen and oxygen atoms in total. The van der Waals surface area contributed by atoms with Gasteiger partial charge in [0.25, 0.3) is 5.89 Å². The normalized spacial score (nSPS) is 14.9. The van der Waals surface area contributed by atoms with Crippen LogP contribution in [0.2, 0.25) is 0 Å². The average Bonchev–Trinajstić information content (AvgIpc) is 3.41. The fraction of sp³-hybridized carbons (Fsp3) is 0.318. The van der Waals surface area contributed by atoms with Gasteiger partial charge in [-0.1, -0.05) is 24.1 Å². The Labute approximate surface area is 162 Å². The van der Waals surface area contributed by atoms with E-state index in [1.54, 1.807) is 0 Å². The van der Waals surface area contributed by atoms with Gasteiger partial charge in [-0.2, -0.15) is 4.98 Å². The Kier molecular flexibility index (Phi) is 3.93. The summed E-state index contributed by atoms with van der Waals surface area (Å²) < 4.78 is 7.39. The molecule has 1 N–H and O–H groups in total. The number of hydrogen-bond donors (Lipinski definition) is 1. The maximum absolute atomic E-state index is 12.5. The Morgan fingerprint density at radius 3 is 2.61 bits per heavy atom. The maximum atomic E-state index is 12.5. The molecule has 0 aliphatic heterocycles. The van der Waals surface area contributed by atoms with E-state index < -0.39 is 0 Å². The Balaban J connectivity index is 1.52. The second kappa shape index (κ2) is 6.48. The van der Waals surface area contributed by atoms with Crippen LogP contribution in [0, 0.1) is 13.8 Å². The quantitative estimate of drug-likeness (QED) is 0.560. The highest BCUT2D eigenvalue weighted by Crippen LogP contribution is 2.32. The van der Waals surface area contributed by atoms with Crippen molar-refractivity contribution < 1.29 is 4.52 Å². The predicted molar refractivity (Wildman–Crippen MR) is 108 cm³/mol. The first-order valence-electron chi connectivity index (χ1n) is 9.76. The van der Waals surface area contributed by atoms with E-state index in [2.05, 4.69) is 41.1 Å². The smallest absolute Gasteiger partial charge is 0.326 e. The molecule has 0 radical (unpaired) electrons. The molecule has 2 aromatic heterocycles. The summed E-state index contributed by atoms with van der Waals surface area (Å²) >= 11 is 0. The Bertz CT molecular complexity index is 1230. The highest BCUT2D eigenvalue weighted by molar-refractivity contribution is 5.81. The molecule has 1 fully saturated rings. The van der Waals surface area contributed by atoms with Crippen molar-refractivity contribution in [3.05, 3.63) is 58.0 Å². The molecule has 6 heteroatoms. The van der Waals surface area contributed by atoms with E-state index in [9.17, 15) is 4.79 Å². The van der Waals surface area contributed by atoms with Crippen LogP contribution in [0.5, 0.6) is 0 Å². The number of nitrogens with one attached hydrogen (secondary N) is 1. The molecule has 0 unspecified atom stereocenters. The van der Waals surface area contributed by atoms with Gasteiger partial charge in [-0.15, -0.1) is 0 Å². The molecule has 0 amide bonds. The van der Waals surface area contributed by atoms with Crippen molar-refractivity contribution in [2.75, 3.05) is 0 Å². The van der Waals surface area contributed by atoms with Crippen molar-refractivity contribution in [3.8, 4) is 22.8 Å². The molecule has 0 atom stereocenters. The van der Waals surface area contributed by atoms with E-state index >= 15 is 0 Å². The first kappa shape index (κ1) is 17.0. The van der Waals surface area contributed by atoms with Gasteiger partial charge in [0, 0.05) is 17.2 Å². The van der Waals surface area contributed by atoms with Gasteiger partial charge in [0.1, 0.15) is 0 Å². The molecule has 28 heavy (non-hydrogen) atoms. The lowest BCUT2D eigenvalue weighted by molar-refractivity contribution is 0.432. The number of H-pyrrole nitrogens is 1. The second-order valence-electron chi connectivity index (χ2n) is 7.69. The van der Waals surface area contributed by atoms with E-state index in [4.69, 9.17) is 4.52 Å². The largest absolute Gasteiger partial charge is 0.334 e. The molecule has 1 aliphatic rings. The summed E-state index contributed by atoms with van der Waals surface area (Å²) in [6, 6.07) is 12.3. The lowest BCUT2D eigenvalue weighted by Crippen LogP contribution is -2.20. The predicted octanol–water partition coefficient (Wildman–Crippen LogP) is 4.78. The first-order chi connectivity index (χ1) is 13.6. The minimum atomic E-state index is -0.0389. The number of rotatable bonds is 3. The van der Waals surface area contributed by atoms with Gasteiger partial charge in [-0.3, -0.25) is 4.57 Å². The zero-order chi connectivity index (χ0) is 19.3. The number of fused-ring (bicyclic) bond motifs is 1. The van der Waals surface area contributed by atoms with Crippen molar-refractivity contribution in [3.63, 3.8) is 0 Å². The van der Waals surface area contributed by atoms with Crippen LogP contribution in [0.15, 0.2) is 45.7 Å². The molecule has 2 aromatic carbocycles. The molecule has 1 aliphatic carbocycles. The molecule has 0 bridgehead atoms. The summed E-state index contributed by atoms with van der Waals surface area (Å²) in [5.74, 6) is 1.01. The van der Waals surface area contributed by atoms with E-state index in [1.807, 2.05) is 28.8 Å². The molecule has 4 aromatic rings. The lowest BCUT2D eigenvalue weighted by atomic mass is 10.1. The molecule has 1 saturated carbocycles. The molecule has 142 valence electrons. The molecular weight excluding hydrogens is 352 g/mol. The lowest BCUT2D eigenvalue weighted by Gasteiger charge is -2.11. The van der Waals surface area contributed by atoms with Crippen LogP contribution in [0.25, 0.3) is 33.9 Å². The van der Waals surface area contributed by atoms with E-state index in [1.165, 1.54) is 24.0 Å². The molecule has 0 spiro atoms. The zero-order valence-corrected chi connectivity index (χ0v) is 16.0. The molecule has 5 rings (SSSR count). The van der Waals surface area contributed by atoms with E-state index in [0.717, 1.165) is 35.0 Å². The van der Waals surface area contributed by atoms with Gasteiger partial charge in [0.15, 0.2) is 0 Å². The number of aromatic nitrogens is 4. The van der Waals surface area contributed by atoms with Crippen LogP contribution < -0.4 is 5.69 Å². The van der Waals surface area contributed by atoms with E-state index in [0.29, 0.717) is 17.8 Å².